The van der Waals surface area contributed by atoms with Gasteiger partial charge in [-0.05, 0) is 25.6 Å². The molecular formula is C10H17NO2. The van der Waals surface area contributed by atoms with Crippen LogP contribution in [-0.4, -0.2) is 21.3 Å². The fourth-order valence-corrected chi connectivity index (χ4v) is 0.927. The van der Waals surface area contributed by atoms with Crippen LogP contribution >= 0.6 is 0 Å². The summed E-state index contributed by atoms with van der Waals surface area (Å²) in [6.07, 6.45) is 0. The van der Waals surface area contributed by atoms with E-state index in [2.05, 4.69) is 5.73 Å². The van der Waals surface area contributed by atoms with Crippen molar-refractivity contribution in [2.45, 2.75) is 6.92 Å². The molecule has 0 aliphatic rings. The minimum Gasteiger partial charge on any atom is -0.497 e. The molecule has 0 aliphatic heterocycles. The van der Waals surface area contributed by atoms with Gasteiger partial charge in [-0.25, -0.2) is 0 Å². The largest absolute Gasteiger partial charge is 0.497 e. The Kier molecular flexibility index (Phi) is 5.72. The van der Waals surface area contributed by atoms with Gasteiger partial charge in [0.05, 0.1) is 14.2 Å². The summed E-state index contributed by atoms with van der Waals surface area (Å²) in [7, 11) is 4.80. The Bertz CT molecular complexity index is 249. The molecule has 0 aliphatic carbocycles. The van der Waals surface area contributed by atoms with Gasteiger partial charge in [0.25, 0.3) is 0 Å². The summed E-state index contributed by atoms with van der Waals surface area (Å²) in [5.41, 5.74) is 5.62. The van der Waals surface area contributed by atoms with E-state index < -0.39 is 0 Å². The normalized spacial score (nSPS) is 8.38. The van der Waals surface area contributed by atoms with Crippen molar-refractivity contribution in [3.63, 3.8) is 0 Å². The molecule has 1 aromatic carbocycles. The van der Waals surface area contributed by atoms with Gasteiger partial charge < -0.3 is 15.2 Å². The van der Waals surface area contributed by atoms with Gasteiger partial charge in [-0.2, -0.15) is 0 Å². The molecule has 0 unspecified atom stereocenters. The first-order chi connectivity index (χ1) is 6.27. The number of hydrogen-bond acceptors (Lipinski definition) is 3. The van der Waals surface area contributed by atoms with Crippen molar-refractivity contribution >= 4 is 0 Å². The fraction of sp³-hybridized carbons (Fsp3) is 0.400. The molecule has 0 fully saturated rings. The highest BCUT2D eigenvalue weighted by atomic mass is 16.5. The summed E-state index contributed by atoms with van der Waals surface area (Å²) < 4.78 is 10.1. The predicted molar refractivity (Wildman–Crippen MR) is 54.4 cm³/mol. The molecule has 13 heavy (non-hydrogen) atoms. The Morgan fingerprint density at radius 1 is 1.08 bits per heavy atom. The first-order valence-corrected chi connectivity index (χ1v) is 4.04. The smallest absolute Gasteiger partial charge is 0.125 e. The van der Waals surface area contributed by atoms with Crippen LogP contribution in [0.15, 0.2) is 18.2 Å². The number of nitrogens with two attached hydrogens (primary N) is 1. The number of benzene rings is 1. The molecule has 0 saturated heterocycles. The summed E-state index contributed by atoms with van der Waals surface area (Å²) in [6, 6.07) is 5.75. The summed E-state index contributed by atoms with van der Waals surface area (Å²) in [6.45, 7) is 2.00. The van der Waals surface area contributed by atoms with Gasteiger partial charge in [-0.3, -0.25) is 0 Å². The molecule has 0 aromatic heterocycles. The maximum atomic E-state index is 5.11. The lowest BCUT2D eigenvalue weighted by atomic mass is 10.2. The average Bonchev–Trinajstić information content (AvgIpc) is 2.22. The maximum absolute atomic E-state index is 5.11. The van der Waals surface area contributed by atoms with Crippen LogP contribution < -0.4 is 15.2 Å². The Balaban J connectivity index is 0.000000671. The molecule has 0 spiro atoms. The zero-order chi connectivity index (χ0) is 10.3. The zero-order valence-electron chi connectivity index (χ0n) is 8.63. The van der Waals surface area contributed by atoms with Gasteiger partial charge in [-0.15, -0.1) is 0 Å². The third-order valence-electron chi connectivity index (χ3n) is 1.62. The van der Waals surface area contributed by atoms with E-state index in [1.807, 2.05) is 25.1 Å². The van der Waals surface area contributed by atoms with Gasteiger partial charge in [0, 0.05) is 6.07 Å². The Morgan fingerprint density at radius 3 is 2.15 bits per heavy atom. The molecule has 0 saturated carbocycles. The van der Waals surface area contributed by atoms with Gasteiger partial charge in [-0.1, -0.05) is 6.07 Å². The van der Waals surface area contributed by atoms with Crippen molar-refractivity contribution < 1.29 is 9.47 Å². The minimum atomic E-state index is 0.826. The number of rotatable bonds is 2. The highest BCUT2D eigenvalue weighted by Crippen LogP contribution is 2.22. The third kappa shape index (κ3) is 3.34. The SMILES string of the molecule is CN.COc1ccc(C)c(OC)c1. The highest BCUT2D eigenvalue weighted by molar-refractivity contribution is 5.39. The van der Waals surface area contributed by atoms with Crippen LogP contribution in [0, 0.1) is 6.92 Å². The van der Waals surface area contributed by atoms with Crippen molar-refractivity contribution in [3.8, 4) is 11.5 Å². The monoisotopic (exact) mass is 183 g/mol. The summed E-state index contributed by atoms with van der Waals surface area (Å²) >= 11 is 0. The molecule has 74 valence electrons. The second kappa shape index (κ2) is 6.31. The van der Waals surface area contributed by atoms with Crippen LogP contribution in [0.1, 0.15) is 5.56 Å². The van der Waals surface area contributed by atoms with E-state index in [9.17, 15) is 0 Å². The molecule has 0 bridgehead atoms. The number of hydrogen-bond donors (Lipinski definition) is 1. The van der Waals surface area contributed by atoms with Crippen molar-refractivity contribution in [2.75, 3.05) is 21.3 Å². The minimum absolute atomic E-state index is 0.826. The van der Waals surface area contributed by atoms with E-state index in [1.165, 1.54) is 7.05 Å². The summed E-state index contributed by atoms with van der Waals surface area (Å²) in [5.74, 6) is 1.69. The molecule has 1 rings (SSSR count). The lowest BCUT2D eigenvalue weighted by Crippen LogP contribution is -1.88. The number of methoxy groups -OCH3 is 2. The number of ether oxygens (including phenoxy) is 2. The van der Waals surface area contributed by atoms with Gasteiger partial charge in [0.1, 0.15) is 11.5 Å². The van der Waals surface area contributed by atoms with Crippen LogP contribution in [0.3, 0.4) is 0 Å². The molecule has 0 amide bonds. The molecule has 2 N–H and O–H groups in total. The first kappa shape index (κ1) is 11.8. The van der Waals surface area contributed by atoms with Crippen LogP contribution in [0.2, 0.25) is 0 Å². The molecule has 3 nitrogen and oxygen atoms in total. The molecule has 3 heteroatoms. The molecule has 0 radical (unpaired) electrons. The second-order valence-corrected chi connectivity index (χ2v) is 2.34. The van der Waals surface area contributed by atoms with Crippen LogP contribution in [0.25, 0.3) is 0 Å². The van der Waals surface area contributed by atoms with Crippen LogP contribution in [0.4, 0.5) is 0 Å². The first-order valence-electron chi connectivity index (χ1n) is 4.04. The summed E-state index contributed by atoms with van der Waals surface area (Å²) in [5, 5.41) is 0. The average molecular weight is 183 g/mol. The lowest BCUT2D eigenvalue weighted by molar-refractivity contribution is 0.392. The molecule has 0 heterocycles. The summed E-state index contributed by atoms with van der Waals surface area (Å²) in [4.78, 5) is 0. The molecular weight excluding hydrogens is 166 g/mol. The van der Waals surface area contributed by atoms with Gasteiger partial charge >= 0.3 is 0 Å². The Labute approximate surface area is 79.5 Å². The van der Waals surface area contributed by atoms with E-state index in [1.54, 1.807) is 14.2 Å². The highest BCUT2D eigenvalue weighted by Gasteiger charge is 1.98. The lowest BCUT2D eigenvalue weighted by Gasteiger charge is -2.05. The standard InChI is InChI=1S/C9H12O2.CH5N/c1-7-4-5-8(10-2)6-9(7)11-3;1-2/h4-6H,1-3H3;2H2,1H3. The third-order valence-corrected chi connectivity index (χ3v) is 1.62. The van der Waals surface area contributed by atoms with E-state index >= 15 is 0 Å². The zero-order valence-corrected chi connectivity index (χ0v) is 8.63. The van der Waals surface area contributed by atoms with Gasteiger partial charge in [0.2, 0.25) is 0 Å². The quantitative estimate of drug-likeness (QED) is 0.757. The van der Waals surface area contributed by atoms with Crippen LogP contribution in [0.5, 0.6) is 11.5 Å². The topological polar surface area (TPSA) is 44.5 Å². The van der Waals surface area contributed by atoms with E-state index in [4.69, 9.17) is 9.47 Å². The molecule has 0 atom stereocenters. The van der Waals surface area contributed by atoms with E-state index in [0.717, 1.165) is 17.1 Å². The fourth-order valence-electron chi connectivity index (χ4n) is 0.927. The van der Waals surface area contributed by atoms with Crippen molar-refractivity contribution in [3.05, 3.63) is 23.8 Å². The van der Waals surface area contributed by atoms with Gasteiger partial charge in [0.15, 0.2) is 0 Å². The van der Waals surface area contributed by atoms with E-state index in [0.29, 0.717) is 0 Å². The Hall–Kier alpha value is -1.22. The molecule has 1 aromatic rings. The van der Waals surface area contributed by atoms with Crippen molar-refractivity contribution in [1.29, 1.82) is 0 Å². The second-order valence-electron chi connectivity index (χ2n) is 2.34. The maximum Gasteiger partial charge on any atom is 0.125 e. The van der Waals surface area contributed by atoms with E-state index in [-0.39, 0.29) is 0 Å². The van der Waals surface area contributed by atoms with Crippen molar-refractivity contribution in [1.82, 2.24) is 0 Å². The Morgan fingerprint density at radius 2 is 1.69 bits per heavy atom. The van der Waals surface area contributed by atoms with Crippen molar-refractivity contribution in [2.24, 2.45) is 5.73 Å². The number of aryl methyl sites for hydroxylation is 1. The predicted octanol–water partition coefficient (Wildman–Crippen LogP) is 1.59. The van der Waals surface area contributed by atoms with Crippen LogP contribution in [-0.2, 0) is 0 Å².